The third-order valence-corrected chi connectivity index (χ3v) is 6.78. The Morgan fingerprint density at radius 2 is 1.74 bits per heavy atom. The minimum atomic E-state index is -0.897. The molecule has 1 aliphatic rings. The number of carbonyl (C=O) groups excluding carboxylic acids is 4. The van der Waals surface area contributed by atoms with E-state index in [9.17, 15) is 19.2 Å². The third-order valence-electron chi connectivity index (χ3n) is 6.78. The van der Waals surface area contributed by atoms with Gasteiger partial charge in [0.15, 0.2) is 0 Å². The van der Waals surface area contributed by atoms with Crippen molar-refractivity contribution in [2.24, 2.45) is 5.92 Å². The first-order valence-electron chi connectivity index (χ1n) is 14.0. The summed E-state index contributed by atoms with van der Waals surface area (Å²) in [6, 6.07) is 10.3. The molecule has 0 unspecified atom stereocenters. The summed E-state index contributed by atoms with van der Waals surface area (Å²) in [5.41, 5.74) is 2.92. The Morgan fingerprint density at radius 1 is 0.952 bits per heavy atom. The number of rotatable bonds is 2. The van der Waals surface area contributed by atoms with Gasteiger partial charge in [-0.05, 0) is 61.6 Å². The molecule has 6 bridgehead atoms. The number of hydrogen-bond acceptors (Lipinski definition) is 7. The lowest BCUT2D eigenvalue weighted by atomic mass is 10.0. The van der Waals surface area contributed by atoms with Gasteiger partial charge in [0.05, 0.1) is 19.3 Å². The van der Waals surface area contributed by atoms with Crippen LogP contribution in [0.4, 0.5) is 0 Å². The van der Waals surface area contributed by atoms with Crippen LogP contribution in [-0.4, -0.2) is 57.3 Å². The van der Waals surface area contributed by atoms with E-state index in [0.29, 0.717) is 41.1 Å². The fourth-order valence-corrected chi connectivity index (χ4v) is 4.43. The summed E-state index contributed by atoms with van der Waals surface area (Å²) < 4.78 is 7.55. The van der Waals surface area contributed by atoms with Crippen LogP contribution >= 0.6 is 0 Å². The molecule has 0 spiro atoms. The van der Waals surface area contributed by atoms with E-state index in [1.807, 2.05) is 26.8 Å². The topological polar surface area (TPSA) is 156 Å². The van der Waals surface area contributed by atoms with Gasteiger partial charge in [-0.1, -0.05) is 37.3 Å². The molecule has 4 rings (SSSR count). The summed E-state index contributed by atoms with van der Waals surface area (Å²) >= 11 is 0. The fourth-order valence-electron chi connectivity index (χ4n) is 4.43. The molecule has 12 heteroatoms. The smallest absolute Gasteiger partial charge is 0.251 e. The Hall–Kier alpha value is -4.74. The minimum Gasteiger partial charge on any atom is -0.491 e. The van der Waals surface area contributed by atoms with Gasteiger partial charge in [0, 0.05) is 17.7 Å². The van der Waals surface area contributed by atoms with Crippen molar-refractivity contribution in [3.63, 3.8) is 0 Å². The predicted molar refractivity (Wildman–Crippen MR) is 154 cm³/mol. The molecule has 1 aliphatic heterocycles. The zero-order valence-corrected chi connectivity index (χ0v) is 24.3. The first kappa shape index (κ1) is 30.2. The van der Waals surface area contributed by atoms with Crippen molar-refractivity contribution in [2.75, 3.05) is 6.61 Å². The first-order chi connectivity index (χ1) is 20.1. The molecule has 0 saturated heterocycles. The van der Waals surface area contributed by atoms with E-state index in [1.54, 1.807) is 54.2 Å². The van der Waals surface area contributed by atoms with Crippen molar-refractivity contribution < 1.29 is 23.9 Å². The Morgan fingerprint density at radius 3 is 2.52 bits per heavy atom. The van der Waals surface area contributed by atoms with Gasteiger partial charge in [-0.3, -0.25) is 19.2 Å². The molecule has 0 fully saturated rings. The van der Waals surface area contributed by atoms with Gasteiger partial charge in [0.2, 0.25) is 11.8 Å². The average molecular weight is 576 g/mol. The SMILES string of the molecule is Cc1ccc2cc1OCCn1cc(nn1)CNC(=O)[C@@H](CC(C)C)NC(=O)[C@@H](C)NC(=O)c1cccc(c1)CNC2=O. The van der Waals surface area contributed by atoms with Gasteiger partial charge >= 0.3 is 0 Å². The lowest BCUT2D eigenvalue weighted by Gasteiger charge is -2.22. The van der Waals surface area contributed by atoms with Crippen LogP contribution in [-0.2, 0) is 29.2 Å². The summed E-state index contributed by atoms with van der Waals surface area (Å²) in [6.07, 6.45) is 2.12. The maximum absolute atomic E-state index is 13.0. The van der Waals surface area contributed by atoms with Crippen molar-refractivity contribution in [3.8, 4) is 5.75 Å². The Balaban J connectivity index is 1.57. The molecule has 12 nitrogen and oxygen atoms in total. The number of fused-ring (bicyclic) bond motifs is 6. The Kier molecular flexibility index (Phi) is 9.89. The van der Waals surface area contributed by atoms with Crippen LogP contribution < -0.4 is 26.0 Å². The van der Waals surface area contributed by atoms with Crippen LogP contribution in [0.5, 0.6) is 5.75 Å². The molecule has 0 aliphatic carbocycles. The van der Waals surface area contributed by atoms with E-state index in [1.165, 1.54) is 0 Å². The normalized spacial score (nSPS) is 19.1. The number of amides is 4. The maximum atomic E-state index is 13.0. The number of aromatic nitrogens is 3. The summed E-state index contributed by atoms with van der Waals surface area (Å²) in [4.78, 5) is 51.8. The molecule has 2 heterocycles. The third kappa shape index (κ3) is 8.15. The highest BCUT2D eigenvalue weighted by Gasteiger charge is 2.25. The molecule has 0 saturated carbocycles. The van der Waals surface area contributed by atoms with Crippen LogP contribution in [0.25, 0.3) is 0 Å². The maximum Gasteiger partial charge on any atom is 0.251 e. The van der Waals surface area contributed by atoms with Crippen LogP contribution in [0, 0.1) is 12.8 Å². The zero-order valence-electron chi connectivity index (χ0n) is 24.3. The minimum absolute atomic E-state index is 0.128. The zero-order chi connectivity index (χ0) is 30.2. The highest BCUT2D eigenvalue weighted by Crippen LogP contribution is 2.20. The Bertz CT molecular complexity index is 1450. The summed E-state index contributed by atoms with van der Waals surface area (Å²) in [7, 11) is 0. The molecule has 4 amide bonds. The van der Waals surface area contributed by atoms with Gasteiger partial charge in [-0.25, -0.2) is 4.68 Å². The lowest BCUT2D eigenvalue weighted by molar-refractivity contribution is -0.130. The summed E-state index contributed by atoms with van der Waals surface area (Å²) in [6.45, 7) is 8.39. The second kappa shape index (κ2) is 13.7. The van der Waals surface area contributed by atoms with E-state index in [4.69, 9.17) is 4.74 Å². The number of hydrogen-bond donors (Lipinski definition) is 4. The standard InChI is InChI=1S/C30H37N7O5/c1-18(2)12-25-30(41)32-16-24-17-37(36-35-24)10-11-42-26-14-23(9-8-19(26)3)28(39)31-15-21-6-5-7-22(13-21)29(40)33-20(4)27(38)34-25/h5-9,13-14,17-18,20,25H,10-12,15-16H2,1-4H3,(H,31,39)(H,32,41)(H,33,40)(H,34,38)/t20-,25-/m1/s1. The Labute approximate surface area is 244 Å². The number of ether oxygens (including phenoxy) is 1. The molecular weight excluding hydrogens is 538 g/mol. The van der Waals surface area contributed by atoms with Gasteiger partial charge in [0.25, 0.3) is 11.8 Å². The number of carbonyl (C=O) groups is 4. The van der Waals surface area contributed by atoms with Crippen LogP contribution in [0.2, 0.25) is 0 Å². The molecule has 2 atom stereocenters. The van der Waals surface area contributed by atoms with E-state index in [0.717, 1.165) is 5.56 Å². The quantitative estimate of drug-likeness (QED) is 0.363. The van der Waals surface area contributed by atoms with Gasteiger partial charge in [0.1, 0.15) is 30.1 Å². The van der Waals surface area contributed by atoms with Crippen molar-refractivity contribution in [3.05, 3.63) is 76.6 Å². The fraction of sp³-hybridized carbons (Fsp3) is 0.400. The van der Waals surface area contributed by atoms with Gasteiger partial charge in [-0.15, -0.1) is 5.10 Å². The summed E-state index contributed by atoms with van der Waals surface area (Å²) in [5.74, 6) is -0.859. The molecule has 222 valence electrons. The first-order valence-corrected chi connectivity index (χ1v) is 14.0. The number of aryl methyl sites for hydroxylation is 1. The largest absolute Gasteiger partial charge is 0.491 e. The summed E-state index contributed by atoms with van der Waals surface area (Å²) in [5, 5.41) is 19.4. The molecule has 1 aromatic heterocycles. The number of nitrogens with one attached hydrogen (secondary N) is 4. The molecule has 42 heavy (non-hydrogen) atoms. The van der Waals surface area contributed by atoms with E-state index in [-0.39, 0.29) is 37.4 Å². The van der Waals surface area contributed by atoms with Crippen LogP contribution in [0.1, 0.15) is 64.7 Å². The van der Waals surface area contributed by atoms with E-state index < -0.39 is 23.9 Å². The van der Waals surface area contributed by atoms with Crippen molar-refractivity contribution in [1.82, 2.24) is 36.3 Å². The monoisotopic (exact) mass is 575 g/mol. The highest BCUT2D eigenvalue weighted by molar-refractivity contribution is 5.98. The molecule has 0 radical (unpaired) electrons. The van der Waals surface area contributed by atoms with Crippen molar-refractivity contribution in [2.45, 2.75) is 65.8 Å². The molecule has 4 N–H and O–H groups in total. The number of benzene rings is 2. The van der Waals surface area contributed by atoms with Gasteiger partial charge < -0.3 is 26.0 Å². The average Bonchev–Trinajstić information content (AvgIpc) is 3.42. The second-order valence-electron chi connectivity index (χ2n) is 10.8. The van der Waals surface area contributed by atoms with Crippen LogP contribution in [0.3, 0.4) is 0 Å². The lowest BCUT2D eigenvalue weighted by Crippen LogP contribution is -2.53. The molecule has 2 aromatic carbocycles. The molecule has 3 aromatic rings. The van der Waals surface area contributed by atoms with E-state index >= 15 is 0 Å². The molecular formula is C30H37N7O5. The van der Waals surface area contributed by atoms with E-state index in [2.05, 4.69) is 31.6 Å². The number of nitrogens with zero attached hydrogens (tertiary/aromatic N) is 3. The predicted octanol–water partition coefficient (Wildman–Crippen LogP) is 1.87. The second-order valence-corrected chi connectivity index (χ2v) is 10.8. The van der Waals surface area contributed by atoms with Crippen molar-refractivity contribution in [1.29, 1.82) is 0 Å². The van der Waals surface area contributed by atoms with Gasteiger partial charge in [-0.2, -0.15) is 0 Å². The van der Waals surface area contributed by atoms with Crippen LogP contribution in [0.15, 0.2) is 48.7 Å². The highest BCUT2D eigenvalue weighted by atomic mass is 16.5. The van der Waals surface area contributed by atoms with Crippen molar-refractivity contribution >= 4 is 23.6 Å².